The van der Waals surface area contributed by atoms with E-state index in [4.69, 9.17) is 8.91 Å². The fourth-order valence-corrected chi connectivity index (χ4v) is 5.71. The molecular formula is C16H18ClI. The number of hydrogen-bond acceptors (Lipinski definition) is 0. The summed E-state index contributed by atoms with van der Waals surface area (Å²) in [7, 11) is 6.67. The van der Waals surface area contributed by atoms with Gasteiger partial charge in [-0.3, -0.25) is 0 Å². The molecule has 96 valence electrons. The van der Waals surface area contributed by atoms with Gasteiger partial charge in [-0.15, -0.1) is 0 Å². The minimum absolute atomic E-state index is 0.580. The summed E-state index contributed by atoms with van der Waals surface area (Å²) in [4.78, 5) is 0. The Morgan fingerprint density at radius 2 is 1.28 bits per heavy atom. The molecule has 0 atom stereocenters. The standard InChI is InChI=1S/C16H18ClI/c1-12(2)14-6-10-16(11-7-14)18(17)15-8-4-13(3)5-9-15/h4-12H,1-3H3. The Bertz CT molecular complexity index is 500. The van der Waals surface area contributed by atoms with E-state index >= 15 is 0 Å². The second kappa shape index (κ2) is 6.07. The van der Waals surface area contributed by atoms with Gasteiger partial charge in [0, 0.05) is 0 Å². The quantitative estimate of drug-likeness (QED) is 0.596. The van der Waals surface area contributed by atoms with E-state index in [2.05, 4.69) is 69.3 Å². The molecule has 0 N–H and O–H groups in total. The monoisotopic (exact) mass is 372 g/mol. The third kappa shape index (κ3) is 3.27. The molecule has 2 aromatic carbocycles. The summed E-state index contributed by atoms with van der Waals surface area (Å²) in [6, 6.07) is 17.4. The molecule has 0 saturated carbocycles. The van der Waals surface area contributed by atoms with Gasteiger partial charge in [0.15, 0.2) is 0 Å². The molecule has 0 fully saturated rings. The first-order valence-electron chi connectivity index (χ1n) is 6.11. The molecule has 0 unspecified atom stereocenters. The first kappa shape index (κ1) is 13.9. The van der Waals surface area contributed by atoms with Gasteiger partial charge < -0.3 is 0 Å². The minimum atomic E-state index is -1.71. The maximum absolute atomic E-state index is 6.67. The zero-order valence-electron chi connectivity index (χ0n) is 11.0. The summed E-state index contributed by atoms with van der Waals surface area (Å²) in [5.41, 5.74) is 2.67. The second-order valence-electron chi connectivity index (χ2n) is 4.74. The summed E-state index contributed by atoms with van der Waals surface area (Å²) in [6.45, 7) is 6.53. The van der Waals surface area contributed by atoms with Crippen molar-refractivity contribution in [3.63, 3.8) is 0 Å². The molecule has 0 aliphatic rings. The second-order valence-corrected chi connectivity index (χ2v) is 10.5. The number of benzene rings is 2. The summed E-state index contributed by atoms with van der Waals surface area (Å²) in [5.74, 6) is 0.580. The van der Waals surface area contributed by atoms with Crippen molar-refractivity contribution in [1.29, 1.82) is 0 Å². The Morgan fingerprint density at radius 1 is 0.833 bits per heavy atom. The molecule has 0 radical (unpaired) electrons. The summed E-state index contributed by atoms with van der Waals surface area (Å²) in [5, 5.41) is 0. The molecular weight excluding hydrogens is 355 g/mol. The Kier molecular flexibility index (Phi) is 4.68. The van der Waals surface area contributed by atoms with E-state index in [9.17, 15) is 0 Å². The van der Waals surface area contributed by atoms with Crippen molar-refractivity contribution in [2.24, 2.45) is 0 Å². The van der Waals surface area contributed by atoms with E-state index in [0.29, 0.717) is 5.92 Å². The van der Waals surface area contributed by atoms with Crippen molar-refractivity contribution in [1.82, 2.24) is 0 Å². The Morgan fingerprint density at radius 3 is 1.72 bits per heavy atom. The van der Waals surface area contributed by atoms with Gasteiger partial charge >= 0.3 is 121 Å². The predicted octanol–water partition coefficient (Wildman–Crippen LogP) is 5.82. The average Bonchev–Trinajstić information content (AvgIpc) is 2.39. The van der Waals surface area contributed by atoms with Crippen LogP contribution < -0.4 is 0 Å². The fourth-order valence-electron chi connectivity index (χ4n) is 1.73. The van der Waals surface area contributed by atoms with E-state index in [0.717, 1.165) is 0 Å². The van der Waals surface area contributed by atoms with Gasteiger partial charge in [0.05, 0.1) is 0 Å². The van der Waals surface area contributed by atoms with Gasteiger partial charge in [0.2, 0.25) is 0 Å². The molecule has 0 aliphatic heterocycles. The predicted molar refractivity (Wildman–Crippen MR) is 89.0 cm³/mol. The zero-order valence-corrected chi connectivity index (χ0v) is 13.9. The summed E-state index contributed by atoms with van der Waals surface area (Å²) < 4.78 is 2.62. The van der Waals surface area contributed by atoms with E-state index in [1.165, 1.54) is 18.3 Å². The first-order valence-corrected chi connectivity index (χ1v) is 11.0. The van der Waals surface area contributed by atoms with Crippen molar-refractivity contribution in [3.05, 3.63) is 66.8 Å². The van der Waals surface area contributed by atoms with Gasteiger partial charge in [-0.2, -0.15) is 0 Å². The summed E-state index contributed by atoms with van der Waals surface area (Å²) in [6.07, 6.45) is 0. The fraction of sp³-hybridized carbons (Fsp3) is 0.250. The zero-order chi connectivity index (χ0) is 13.1. The van der Waals surface area contributed by atoms with Crippen LogP contribution >= 0.6 is 27.6 Å². The molecule has 0 spiro atoms. The topological polar surface area (TPSA) is 0 Å². The van der Waals surface area contributed by atoms with Crippen molar-refractivity contribution in [3.8, 4) is 0 Å². The molecule has 18 heavy (non-hydrogen) atoms. The SMILES string of the molecule is Cc1ccc(I(Cl)c2ccc(C(C)C)cc2)cc1. The van der Waals surface area contributed by atoms with Crippen molar-refractivity contribution >= 4 is 27.6 Å². The van der Waals surface area contributed by atoms with Gasteiger partial charge in [-0.25, -0.2) is 0 Å². The molecule has 0 saturated heterocycles. The van der Waals surface area contributed by atoms with E-state index in [-0.39, 0.29) is 0 Å². The summed E-state index contributed by atoms with van der Waals surface area (Å²) >= 11 is -1.71. The van der Waals surface area contributed by atoms with Crippen LogP contribution in [0.2, 0.25) is 0 Å². The molecule has 2 heteroatoms. The van der Waals surface area contributed by atoms with Crippen LogP contribution in [0.25, 0.3) is 0 Å². The molecule has 0 aliphatic carbocycles. The molecule has 2 aromatic rings. The van der Waals surface area contributed by atoms with E-state index in [1.54, 1.807) is 0 Å². The normalized spacial score (nSPS) is 11.7. The van der Waals surface area contributed by atoms with Crippen LogP contribution in [-0.4, -0.2) is 0 Å². The van der Waals surface area contributed by atoms with Gasteiger partial charge in [0.25, 0.3) is 0 Å². The molecule has 0 aromatic heterocycles. The molecule has 0 nitrogen and oxygen atoms in total. The van der Waals surface area contributed by atoms with Crippen LogP contribution in [0.4, 0.5) is 0 Å². The van der Waals surface area contributed by atoms with Crippen LogP contribution in [0.5, 0.6) is 0 Å². The van der Waals surface area contributed by atoms with Crippen molar-refractivity contribution in [2.45, 2.75) is 26.7 Å². The number of hydrogen-bond donors (Lipinski definition) is 0. The third-order valence-corrected chi connectivity index (χ3v) is 8.77. The number of aryl methyl sites for hydroxylation is 1. The number of rotatable bonds is 3. The number of halogens is 2. The van der Waals surface area contributed by atoms with Crippen LogP contribution in [-0.2, 0) is 0 Å². The average molecular weight is 373 g/mol. The van der Waals surface area contributed by atoms with Gasteiger partial charge in [-0.05, 0) is 0 Å². The molecule has 0 amide bonds. The third-order valence-electron chi connectivity index (χ3n) is 2.93. The Hall–Kier alpha value is -0.540. The van der Waals surface area contributed by atoms with E-state index in [1.807, 2.05) is 0 Å². The molecule has 0 bridgehead atoms. The Labute approximate surface area is 120 Å². The van der Waals surface area contributed by atoms with Gasteiger partial charge in [0.1, 0.15) is 0 Å². The molecule has 2 rings (SSSR count). The Balaban J connectivity index is 2.23. The first-order chi connectivity index (χ1) is 8.58. The van der Waals surface area contributed by atoms with E-state index < -0.39 is 18.7 Å². The van der Waals surface area contributed by atoms with Crippen molar-refractivity contribution in [2.75, 3.05) is 0 Å². The van der Waals surface area contributed by atoms with Crippen LogP contribution in [0, 0.1) is 14.1 Å². The van der Waals surface area contributed by atoms with Crippen LogP contribution in [0.1, 0.15) is 30.9 Å². The molecule has 0 heterocycles. The van der Waals surface area contributed by atoms with Crippen LogP contribution in [0.3, 0.4) is 0 Å². The maximum atomic E-state index is 6.67. The van der Waals surface area contributed by atoms with Crippen molar-refractivity contribution < 1.29 is 0 Å². The van der Waals surface area contributed by atoms with Gasteiger partial charge in [-0.1, -0.05) is 0 Å². The van der Waals surface area contributed by atoms with Crippen LogP contribution in [0.15, 0.2) is 48.5 Å².